The van der Waals surface area contributed by atoms with Crippen molar-refractivity contribution >= 4 is 22.6 Å². The fourth-order valence-corrected chi connectivity index (χ4v) is 3.99. The summed E-state index contributed by atoms with van der Waals surface area (Å²) in [7, 11) is 0. The smallest absolute Gasteiger partial charge is 0.256 e. The van der Waals surface area contributed by atoms with Gasteiger partial charge < -0.3 is 9.64 Å². The molecular formula is C18H21N3O3. The predicted molar refractivity (Wildman–Crippen MR) is 88.8 cm³/mol. The van der Waals surface area contributed by atoms with Crippen LogP contribution in [-0.4, -0.2) is 52.6 Å². The van der Waals surface area contributed by atoms with Gasteiger partial charge in [0.1, 0.15) is 5.78 Å². The molecule has 126 valence electrons. The number of fused-ring (bicyclic) bond motifs is 1. The minimum Gasteiger partial charge on any atom is -0.377 e. The van der Waals surface area contributed by atoms with Crippen molar-refractivity contribution in [3.8, 4) is 0 Å². The van der Waals surface area contributed by atoms with Gasteiger partial charge in [-0.1, -0.05) is 0 Å². The van der Waals surface area contributed by atoms with Gasteiger partial charge in [-0.3, -0.25) is 14.7 Å². The Morgan fingerprint density at radius 3 is 3.08 bits per heavy atom. The first-order valence-electron chi connectivity index (χ1n) is 8.50. The van der Waals surface area contributed by atoms with Crippen molar-refractivity contribution in [2.45, 2.75) is 32.2 Å². The molecule has 1 aromatic heterocycles. The van der Waals surface area contributed by atoms with Crippen LogP contribution in [0.1, 0.15) is 35.2 Å². The van der Waals surface area contributed by atoms with E-state index in [-0.39, 0.29) is 23.7 Å². The minimum absolute atomic E-state index is 0.0408. The number of aromatic nitrogens is 2. The molecule has 1 aromatic carbocycles. The topological polar surface area (TPSA) is 75.3 Å². The van der Waals surface area contributed by atoms with Crippen LogP contribution in [0.5, 0.6) is 0 Å². The molecule has 6 heteroatoms. The number of hydrogen-bond donors (Lipinski definition) is 1. The number of aromatic amines is 1. The van der Waals surface area contributed by atoms with Crippen molar-refractivity contribution in [3.63, 3.8) is 0 Å². The van der Waals surface area contributed by atoms with Gasteiger partial charge in [0, 0.05) is 24.3 Å². The van der Waals surface area contributed by atoms with Crippen LogP contribution in [0.2, 0.25) is 0 Å². The average Bonchev–Trinajstić information content (AvgIpc) is 3.22. The summed E-state index contributed by atoms with van der Waals surface area (Å²) in [5.41, 5.74) is 2.41. The third-order valence-electron chi connectivity index (χ3n) is 5.17. The molecule has 6 nitrogen and oxygen atoms in total. The van der Waals surface area contributed by atoms with E-state index in [0.29, 0.717) is 31.7 Å². The lowest BCUT2D eigenvalue weighted by Crippen LogP contribution is -2.53. The van der Waals surface area contributed by atoms with Crippen molar-refractivity contribution in [1.82, 2.24) is 15.1 Å². The molecule has 1 aliphatic heterocycles. The predicted octanol–water partition coefficient (Wildman–Crippen LogP) is 2.08. The second-order valence-corrected chi connectivity index (χ2v) is 6.75. The van der Waals surface area contributed by atoms with Gasteiger partial charge in [0.2, 0.25) is 0 Å². The lowest BCUT2D eigenvalue weighted by molar-refractivity contribution is -0.124. The van der Waals surface area contributed by atoms with Crippen molar-refractivity contribution in [2.75, 3.05) is 19.8 Å². The maximum Gasteiger partial charge on any atom is 0.256 e. The highest BCUT2D eigenvalue weighted by molar-refractivity contribution is 6.06. The maximum atomic E-state index is 13.2. The number of rotatable bonds is 2. The van der Waals surface area contributed by atoms with Crippen molar-refractivity contribution in [2.24, 2.45) is 5.92 Å². The number of carbonyl (C=O) groups is 2. The SMILES string of the molecule is Cc1cc(C(=O)N2CCOCC2C2CCCC2=O)c2[nH]ncc2c1. The van der Waals surface area contributed by atoms with Crippen LogP contribution in [0.3, 0.4) is 0 Å². The summed E-state index contributed by atoms with van der Waals surface area (Å²) in [6.45, 7) is 3.46. The number of carbonyl (C=O) groups excluding carboxylic acids is 2. The fraction of sp³-hybridized carbons (Fsp3) is 0.500. The first kappa shape index (κ1) is 15.3. The molecule has 1 N–H and O–H groups in total. The van der Waals surface area contributed by atoms with Crippen molar-refractivity contribution in [3.05, 3.63) is 29.5 Å². The zero-order chi connectivity index (χ0) is 16.7. The highest BCUT2D eigenvalue weighted by Crippen LogP contribution is 2.31. The molecule has 2 fully saturated rings. The summed E-state index contributed by atoms with van der Waals surface area (Å²) in [5.74, 6) is 0.136. The van der Waals surface area contributed by atoms with Gasteiger partial charge in [-0.05, 0) is 37.5 Å². The number of benzene rings is 1. The van der Waals surface area contributed by atoms with E-state index in [1.807, 2.05) is 24.0 Å². The number of Topliss-reactive ketones (excluding diaryl/α,β-unsaturated/α-hetero) is 1. The molecule has 2 aliphatic rings. The van der Waals surface area contributed by atoms with E-state index in [1.165, 1.54) is 0 Å². The van der Waals surface area contributed by atoms with Crippen LogP contribution in [0, 0.1) is 12.8 Å². The Balaban J connectivity index is 1.70. The zero-order valence-corrected chi connectivity index (χ0v) is 13.7. The summed E-state index contributed by atoms with van der Waals surface area (Å²) in [6.07, 6.45) is 4.12. The standard InChI is InChI=1S/C18H21N3O3/c1-11-7-12-9-19-20-17(12)14(8-11)18(23)21-5-6-24-10-15(21)13-3-2-4-16(13)22/h7-9,13,15H,2-6,10H2,1H3,(H,19,20). The van der Waals surface area contributed by atoms with Crippen LogP contribution in [-0.2, 0) is 9.53 Å². The van der Waals surface area contributed by atoms with Crippen molar-refractivity contribution in [1.29, 1.82) is 0 Å². The van der Waals surface area contributed by atoms with Crippen molar-refractivity contribution < 1.29 is 14.3 Å². The van der Waals surface area contributed by atoms with E-state index < -0.39 is 0 Å². The second kappa shape index (κ2) is 6.02. The summed E-state index contributed by atoms with van der Waals surface area (Å²) in [5, 5.41) is 7.93. The molecule has 0 radical (unpaired) electrons. The monoisotopic (exact) mass is 327 g/mol. The van der Waals surface area contributed by atoms with Crippen LogP contribution in [0.4, 0.5) is 0 Å². The quantitative estimate of drug-likeness (QED) is 0.916. The zero-order valence-electron chi connectivity index (χ0n) is 13.7. The maximum absolute atomic E-state index is 13.2. The number of ketones is 1. The van der Waals surface area contributed by atoms with E-state index in [4.69, 9.17) is 4.74 Å². The van der Waals surface area contributed by atoms with E-state index in [9.17, 15) is 9.59 Å². The molecule has 2 aromatic rings. The molecule has 1 saturated carbocycles. The molecule has 2 atom stereocenters. The number of morpholine rings is 1. The van der Waals surface area contributed by atoms with Gasteiger partial charge in [-0.25, -0.2) is 0 Å². The number of nitrogens with zero attached hydrogens (tertiary/aromatic N) is 2. The second-order valence-electron chi connectivity index (χ2n) is 6.75. The molecule has 24 heavy (non-hydrogen) atoms. The first-order chi connectivity index (χ1) is 11.6. The number of aryl methyl sites for hydroxylation is 1. The molecule has 0 spiro atoms. The van der Waals surface area contributed by atoms with Gasteiger partial charge in [-0.2, -0.15) is 5.10 Å². The minimum atomic E-state index is -0.153. The van der Waals surface area contributed by atoms with Crippen LogP contribution < -0.4 is 0 Å². The number of amides is 1. The fourth-order valence-electron chi connectivity index (χ4n) is 3.99. The molecule has 1 aliphatic carbocycles. The third kappa shape index (κ3) is 2.51. The Bertz CT molecular complexity index is 798. The molecule has 1 saturated heterocycles. The number of H-pyrrole nitrogens is 1. The Morgan fingerprint density at radius 2 is 2.29 bits per heavy atom. The normalized spacial score (nSPS) is 24.7. The Morgan fingerprint density at radius 1 is 1.42 bits per heavy atom. The lowest BCUT2D eigenvalue weighted by atomic mass is 9.94. The van der Waals surface area contributed by atoms with Gasteiger partial charge in [0.25, 0.3) is 5.91 Å². The Labute approximate surface area is 140 Å². The summed E-state index contributed by atoms with van der Waals surface area (Å²) < 4.78 is 5.59. The summed E-state index contributed by atoms with van der Waals surface area (Å²) >= 11 is 0. The molecule has 2 heterocycles. The van der Waals surface area contributed by atoms with Gasteiger partial charge in [0.05, 0.1) is 36.5 Å². The van der Waals surface area contributed by atoms with E-state index >= 15 is 0 Å². The highest BCUT2D eigenvalue weighted by Gasteiger charge is 2.39. The third-order valence-corrected chi connectivity index (χ3v) is 5.17. The average molecular weight is 327 g/mol. The number of ether oxygens (including phenoxy) is 1. The van der Waals surface area contributed by atoms with E-state index in [0.717, 1.165) is 29.3 Å². The molecule has 2 unspecified atom stereocenters. The number of nitrogens with one attached hydrogen (secondary N) is 1. The van der Waals surface area contributed by atoms with Crippen LogP contribution in [0.15, 0.2) is 18.3 Å². The lowest BCUT2D eigenvalue weighted by Gasteiger charge is -2.38. The first-order valence-corrected chi connectivity index (χ1v) is 8.50. The van der Waals surface area contributed by atoms with Crippen LogP contribution >= 0.6 is 0 Å². The van der Waals surface area contributed by atoms with E-state index in [1.54, 1.807) is 6.20 Å². The van der Waals surface area contributed by atoms with Crippen LogP contribution in [0.25, 0.3) is 10.9 Å². The van der Waals surface area contributed by atoms with Gasteiger partial charge in [0.15, 0.2) is 0 Å². The van der Waals surface area contributed by atoms with Gasteiger partial charge in [-0.15, -0.1) is 0 Å². The number of hydrogen-bond acceptors (Lipinski definition) is 4. The molecular weight excluding hydrogens is 306 g/mol. The molecule has 1 amide bonds. The van der Waals surface area contributed by atoms with E-state index in [2.05, 4.69) is 10.2 Å². The summed E-state index contributed by atoms with van der Waals surface area (Å²) in [4.78, 5) is 27.3. The Kier molecular flexibility index (Phi) is 3.84. The largest absolute Gasteiger partial charge is 0.377 e. The highest BCUT2D eigenvalue weighted by atomic mass is 16.5. The molecule has 0 bridgehead atoms. The van der Waals surface area contributed by atoms with Gasteiger partial charge >= 0.3 is 0 Å². The molecule has 4 rings (SSSR count). The Hall–Kier alpha value is -2.21. The summed E-state index contributed by atoms with van der Waals surface area (Å²) in [6, 6.07) is 3.75.